The van der Waals surface area contributed by atoms with Crippen LogP contribution in [0.3, 0.4) is 0 Å². The van der Waals surface area contributed by atoms with Crippen molar-refractivity contribution in [3.05, 3.63) is 75.8 Å². The molecule has 1 fully saturated rings. The van der Waals surface area contributed by atoms with Crippen LogP contribution in [0.4, 0.5) is 5.69 Å². The van der Waals surface area contributed by atoms with E-state index >= 15 is 0 Å². The Kier molecular flexibility index (Phi) is 5.20. The molecule has 0 saturated carbocycles. The van der Waals surface area contributed by atoms with Crippen molar-refractivity contribution < 1.29 is 10.0 Å². The summed E-state index contributed by atoms with van der Waals surface area (Å²) in [5.74, 6) is 0. The molecule has 2 aromatic rings. The molecule has 1 heterocycles. The van der Waals surface area contributed by atoms with E-state index in [1.54, 1.807) is 12.1 Å². The van der Waals surface area contributed by atoms with Gasteiger partial charge in [0, 0.05) is 38.3 Å². The summed E-state index contributed by atoms with van der Waals surface area (Å²) < 4.78 is 0. The first-order valence-corrected chi connectivity index (χ1v) is 8.09. The fourth-order valence-electron chi connectivity index (χ4n) is 3.18. The fourth-order valence-corrected chi connectivity index (χ4v) is 3.18. The Balaban J connectivity index is 1.90. The molecule has 0 aromatic heterocycles. The van der Waals surface area contributed by atoms with Crippen LogP contribution < -0.4 is 5.32 Å². The van der Waals surface area contributed by atoms with Gasteiger partial charge in [-0.2, -0.15) is 0 Å². The molecule has 2 atom stereocenters. The highest BCUT2D eigenvalue weighted by Gasteiger charge is 2.29. The molecule has 1 saturated heterocycles. The van der Waals surface area contributed by atoms with Gasteiger partial charge in [0.2, 0.25) is 0 Å². The number of non-ortho nitro benzene ring substituents is 1. The Bertz CT molecular complexity index is 670. The second-order valence-electron chi connectivity index (χ2n) is 5.93. The molecule has 0 amide bonds. The quantitative estimate of drug-likeness (QED) is 0.651. The maximum atomic E-state index is 11.0. The second-order valence-corrected chi connectivity index (χ2v) is 5.93. The van der Waals surface area contributed by atoms with Gasteiger partial charge in [-0.15, -0.1) is 0 Å². The largest absolute Gasteiger partial charge is 0.386 e. The molecule has 3 rings (SSSR count). The number of nitro groups is 1. The number of aliphatic hydroxyl groups excluding tert-OH is 1. The van der Waals surface area contributed by atoms with Gasteiger partial charge in [0.05, 0.1) is 17.1 Å². The zero-order valence-electron chi connectivity index (χ0n) is 13.3. The Morgan fingerprint density at radius 3 is 2.21 bits per heavy atom. The highest BCUT2D eigenvalue weighted by atomic mass is 16.6. The number of nitrogens with one attached hydrogen (secondary N) is 1. The summed E-state index contributed by atoms with van der Waals surface area (Å²) in [4.78, 5) is 12.6. The highest BCUT2D eigenvalue weighted by molar-refractivity contribution is 5.35. The van der Waals surface area contributed by atoms with E-state index < -0.39 is 11.0 Å². The normalized spacial score (nSPS) is 18.0. The van der Waals surface area contributed by atoms with Crippen molar-refractivity contribution in [1.82, 2.24) is 10.2 Å². The lowest BCUT2D eigenvalue weighted by molar-refractivity contribution is -0.384. The van der Waals surface area contributed by atoms with Gasteiger partial charge in [-0.05, 0) is 23.3 Å². The van der Waals surface area contributed by atoms with E-state index in [9.17, 15) is 15.2 Å². The van der Waals surface area contributed by atoms with Gasteiger partial charge in [0.1, 0.15) is 0 Å². The summed E-state index contributed by atoms with van der Waals surface area (Å²) in [6.07, 6.45) is -0.744. The molecule has 0 aliphatic carbocycles. The van der Waals surface area contributed by atoms with Crippen molar-refractivity contribution in [3.63, 3.8) is 0 Å². The maximum Gasteiger partial charge on any atom is 0.269 e. The van der Waals surface area contributed by atoms with Gasteiger partial charge in [-0.1, -0.05) is 30.3 Å². The molecule has 0 bridgehead atoms. The van der Waals surface area contributed by atoms with E-state index in [0.29, 0.717) is 5.56 Å². The number of piperazine rings is 1. The Labute approximate surface area is 140 Å². The van der Waals surface area contributed by atoms with E-state index in [2.05, 4.69) is 10.2 Å². The van der Waals surface area contributed by atoms with Crippen LogP contribution in [0.1, 0.15) is 23.3 Å². The molecule has 1 aliphatic heterocycles. The molecule has 126 valence electrons. The molecule has 6 heteroatoms. The number of rotatable bonds is 5. The predicted molar refractivity (Wildman–Crippen MR) is 91.7 cm³/mol. The Morgan fingerprint density at radius 2 is 1.62 bits per heavy atom. The zero-order valence-corrected chi connectivity index (χ0v) is 13.3. The highest BCUT2D eigenvalue weighted by Crippen LogP contribution is 2.34. The Morgan fingerprint density at radius 1 is 1.00 bits per heavy atom. The van der Waals surface area contributed by atoms with Crippen LogP contribution in [0.5, 0.6) is 0 Å². The third-order valence-electron chi connectivity index (χ3n) is 4.43. The topological polar surface area (TPSA) is 78.6 Å². The first-order valence-electron chi connectivity index (χ1n) is 8.09. The number of benzene rings is 2. The minimum Gasteiger partial charge on any atom is -0.386 e. The summed E-state index contributed by atoms with van der Waals surface area (Å²) in [6.45, 7) is 3.47. The van der Waals surface area contributed by atoms with Crippen LogP contribution in [-0.2, 0) is 0 Å². The minimum atomic E-state index is -0.744. The Hall–Kier alpha value is -2.28. The lowest BCUT2D eigenvalue weighted by Crippen LogP contribution is -2.46. The molecular weight excluding hydrogens is 306 g/mol. The van der Waals surface area contributed by atoms with Gasteiger partial charge in [-0.3, -0.25) is 15.0 Å². The van der Waals surface area contributed by atoms with Crippen LogP contribution in [0.25, 0.3) is 0 Å². The summed E-state index contributed by atoms with van der Waals surface area (Å²) in [5, 5.41) is 25.1. The minimum absolute atomic E-state index is 0.0318. The average molecular weight is 327 g/mol. The van der Waals surface area contributed by atoms with Crippen molar-refractivity contribution in [3.8, 4) is 0 Å². The van der Waals surface area contributed by atoms with E-state index in [1.165, 1.54) is 12.1 Å². The van der Waals surface area contributed by atoms with Gasteiger partial charge >= 0.3 is 0 Å². The smallest absolute Gasteiger partial charge is 0.269 e. The molecule has 2 aromatic carbocycles. The number of hydrogen-bond acceptors (Lipinski definition) is 5. The number of aliphatic hydroxyl groups is 1. The van der Waals surface area contributed by atoms with Crippen LogP contribution in [-0.4, -0.2) is 41.1 Å². The van der Waals surface area contributed by atoms with E-state index in [0.717, 1.165) is 31.7 Å². The van der Waals surface area contributed by atoms with Crippen molar-refractivity contribution in [2.45, 2.75) is 12.1 Å². The van der Waals surface area contributed by atoms with E-state index in [4.69, 9.17) is 0 Å². The number of nitrogens with zero attached hydrogens (tertiary/aromatic N) is 2. The van der Waals surface area contributed by atoms with E-state index in [1.807, 2.05) is 30.3 Å². The van der Waals surface area contributed by atoms with Crippen LogP contribution in [0.2, 0.25) is 0 Å². The second kappa shape index (κ2) is 7.53. The lowest BCUT2D eigenvalue weighted by atomic mass is 9.93. The molecule has 2 N–H and O–H groups in total. The average Bonchev–Trinajstić information content (AvgIpc) is 2.64. The van der Waals surface area contributed by atoms with Crippen molar-refractivity contribution >= 4 is 5.69 Å². The van der Waals surface area contributed by atoms with Gasteiger partial charge in [0.25, 0.3) is 5.69 Å². The van der Waals surface area contributed by atoms with Crippen LogP contribution in [0.15, 0.2) is 54.6 Å². The SMILES string of the molecule is O=[N+]([O-])c1ccc(C(O)C(c2ccccc2)N2CCNCC2)cc1. The summed E-state index contributed by atoms with van der Waals surface area (Å²) in [7, 11) is 0. The third kappa shape index (κ3) is 3.62. The first-order chi connectivity index (χ1) is 11.7. The lowest BCUT2D eigenvalue weighted by Gasteiger charge is -2.38. The fraction of sp³-hybridized carbons (Fsp3) is 0.333. The molecule has 24 heavy (non-hydrogen) atoms. The maximum absolute atomic E-state index is 11.0. The van der Waals surface area contributed by atoms with Crippen LogP contribution >= 0.6 is 0 Å². The summed E-state index contributed by atoms with van der Waals surface area (Å²) in [5.41, 5.74) is 1.77. The zero-order chi connectivity index (χ0) is 16.9. The van der Waals surface area contributed by atoms with Gasteiger partial charge < -0.3 is 10.4 Å². The standard InChI is InChI=1S/C18H21N3O3/c22-18(15-6-8-16(9-7-15)21(23)24)17(14-4-2-1-3-5-14)20-12-10-19-11-13-20/h1-9,17-19,22H,10-13H2. The molecule has 0 radical (unpaired) electrons. The molecule has 2 unspecified atom stereocenters. The van der Waals surface area contributed by atoms with Gasteiger partial charge in [-0.25, -0.2) is 0 Å². The van der Waals surface area contributed by atoms with Crippen molar-refractivity contribution in [2.24, 2.45) is 0 Å². The monoisotopic (exact) mass is 327 g/mol. The molecule has 6 nitrogen and oxygen atoms in total. The number of nitro benzene ring substituents is 1. The predicted octanol–water partition coefficient (Wildman–Crippen LogP) is 2.27. The first kappa shape index (κ1) is 16.6. The molecule has 1 aliphatic rings. The van der Waals surface area contributed by atoms with Crippen molar-refractivity contribution in [2.75, 3.05) is 26.2 Å². The summed E-state index contributed by atoms with van der Waals surface area (Å²) >= 11 is 0. The third-order valence-corrected chi connectivity index (χ3v) is 4.43. The number of hydrogen-bond donors (Lipinski definition) is 2. The van der Waals surface area contributed by atoms with Gasteiger partial charge in [0.15, 0.2) is 0 Å². The van der Waals surface area contributed by atoms with Crippen LogP contribution in [0, 0.1) is 10.1 Å². The summed E-state index contributed by atoms with van der Waals surface area (Å²) in [6, 6.07) is 15.9. The molecular formula is C18H21N3O3. The van der Waals surface area contributed by atoms with Crippen molar-refractivity contribution in [1.29, 1.82) is 0 Å². The van der Waals surface area contributed by atoms with E-state index in [-0.39, 0.29) is 11.7 Å². The molecule has 0 spiro atoms.